The maximum Gasteiger partial charge on any atom is 0.323 e. The summed E-state index contributed by atoms with van der Waals surface area (Å²) in [4.78, 5) is 35.9. The average Bonchev–Trinajstić information content (AvgIpc) is 2.96. The van der Waals surface area contributed by atoms with Crippen LogP contribution in [-0.4, -0.2) is 40.3 Å². The minimum absolute atomic E-state index is 0.164. The van der Waals surface area contributed by atoms with Crippen LogP contribution in [0.3, 0.4) is 0 Å². The third kappa shape index (κ3) is 5.21. The maximum atomic E-state index is 12.3. The largest absolute Gasteiger partial charge is 0.490 e. The molecule has 0 unspecified atom stereocenters. The van der Waals surface area contributed by atoms with Gasteiger partial charge in [-0.2, -0.15) is 0 Å². The van der Waals surface area contributed by atoms with Crippen LogP contribution in [0.25, 0.3) is 6.08 Å². The van der Waals surface area contributed by atoms with Gasteiger partial charge in [-0.3, -0.25) is 19.3 Å². The Morgan fingerprint density at radius 3 is 2.50 bits per heavy atom. The quantitative estimate of drug-likeness (QED) is 0.634. The molecule has 156 valence electrons. The second kappa shape index (κ2) is 9.49. The Balaban J connectivity index is 1.78. The van der Waals surface area contributed by atoms with Crippen LogP contribution in [0.2, 0.25) is 0 Å². The Morgan fingerprint density at radius 2 is 1.83 bits per heavy atom. The first-order chi connectivity index (χ1) is 14.4. The lowest BCUT2D eigenvalue weighted by Crippen LogP contribution is -2.33. The van der Waals surface area contributed by atoms with Gasteiger partial charge in [0.15, 0.2) is 11.5 Å². The Morgan fingerprint density at radius 1 is 1.10 bits per heavy atom. The average molecular weight is 427 g/mol. The molecule has 0 spiro atoms. The molecule has 1 fully saturated rings. The number of aliphatic carboxylic acids is 1. The monoisotopic (exact) mass is 427 g/mol. The molecular formula is C22H21NO6S. The van der Waals surface area contributed by atoms with Crippen molar-refractivity contribution in [3.8, 4) is 11.5 Å². The third-order valence-corrected chi connectivity index (χ3v) is 5.15. The molecule has 0 aliphatic carbocycles. The van der Waals surface area contributed by atoms with Gasteiger partial charge >= 0.3 is 5.97 Å². The number of hydrogen-bond acceptors (Lipinski definition) is 6. The van der Waals surface area contributed by atoms with E-state index in [9.17, 15) is 14.4 Å². The van der Waals surface area contributed by atoms with Gasteiger partial charge in [0.2, 0.25) is 0 Å². The van der Waals surface area contributed by atoms with Gasteiger partial charge in [0.1, 0.15) is 13.2 Å². The number of rotatable bonds is 8. The summed E-state index contributed by atoms with van der Waals surface area (Å²) in [6, 6.07) is 13.2. The summed E-state index contributed by atoms with van der Waals surface area (Å²) in [5.41, 5.74) is 2.84. The normalized spacial score (nSPS) is 15.0. The van der Waals surface area contributed by atoms with E-state index < -0.39 is 23.7 Å². The van der Waals surface area contributed by atoms with Gasteiger partial charge < -0.3 is 14.6 Å². The molecule has 8 heteroatoms. The lowest BCUT2D eigenvalue weighted by Gasteiger charge is -2.13. The Bertz CT molecular complexity index is 999. The molecule has 2 aromatic rings. The molecular weight excluding hydrogens is 406 g/mol. The van der Waals surface area contributed by atoms with E-state index in [2.05, 4.69) is 0 Å². The first-order valence-corrected chi connectivity index (χ1v) is 10.1. The Hall–Kier alpha value is -3.26. The molecule has 0 radical (unpaired) electrons. The highest BCUT2D eigenvalue weighted by molar-refractivity contribution is 8.18. The molecule has 0 atom stereocenters. The molecule has 1 saturated heterocycles. The van der Waals surface area contributed by atoms with Crippen LogP contribution in [0.4, 0.5) is 4.79 Å². The summed E-state index contributed by atoms with van der Waals surface area (Å²) >= 11 is 0.714. The lowest BCUT2D eigenvalue weighted by atomic mass is 10.1. The van der Waals surface area contributed by atoms with E-state index in [-0.39, 0.29) is 4.91 Å². The van der Waals surface area contributed by atoms with E-state index >= 15 is 0 Å². The maximum absolute atomic E-state index is 12.3. The van der Waals surface area contributed by atoms with Crippen LogP contribution in [0, 0.1) is 6.92 Å². The third-order valence-electron chi connectivity index (χ3n) is 4.25. The summed E-state index contributed by atoms with van der Waals surface area (Å²) < 4.78 is 11.6. The summed E-state index contributed by atoms with van der Waals surface area (Å²) in [5.74, 6) is -0.783. The van der Waals surface area contributed by atoms with E-state index in [1.165, 1.54) is 5.56 Å². The lowest BCUT2D eigenvalue weighted by molar-refractivity contribution is -0.140. The Labute approximate surface area is 178 Å². The second-order valence-electron chi connectivity index (χ2n) is 6.58. The molecule has 1 N–H and O–H groups in total. The summed E-state index contributed by atoms with van der Waals surface area (Å²) in [6.07, 6.45) is 1.54. The fourth-order valence-electron chi connectivity index (χ4n) is 2.77. The van der Waals surface area contributed by atoms with Gasteiger partial charge in [0, 0.05) is 0 Å². The van der Waals surface area contributed by atoms with E-state index in [0.717, 1.165) is 5.56 Å². The number of benzene rings is 2. The van der Waals surface area contributed by atoms with E-state index in [4.69, 9.17) is 14.6 Å². The number of thioether (sulfide) groups is 1. The second-order valence-corrected chi connectivity index (χ2v) is 7.57. The fraction of sp³-hybridized carbons (Fsp3) is 0.227. The number of nitrogens with zero attached hydrogens (tertiary/aromatic N) is 1. The van der Waals surface area contributed by atoms with Gasteiger partial charge in [-0.1, -0.05) is 35.9 Å². The van der Waals surface area contributed by atoms with Crippen molar-refractivity contribution >= 4 is 35.0 Å². The summed E-state index contributed by atoms with van der Waals surface area (Å²) in [5, 5.41) is 8.25. The molecule has 0 saturated carbocycles. The molecule has 3 rings (SSSR count). The van der Waals surface area contributed by atoms with Crippen molar-refractivity contribution in [2.45, 2.75) is 20.5 Å². The molecule has 0 aromatic heterocycles. The van der Waals surface area contributed by atoms with Crippen LogP contribution in [0.1, 0.15) is 23.6 Å². The number of carbonyl (C=O) groups excluding carboxylic acids is 2. The molecule has 30 heavy (non-hydrogen) atoms. The first-order valence-electron chi connectivity index (χ1n) is 9.29. The number of imide groups is 1. The Kier molecular flexibility index (Phi) is 6.79. The van der Waals surface area contributed by atoms with Gasteiger partial charge in [-0.05, 0) is 54.9 Å². The highest BCUT2D eigenvalue weighted by Crippen LogP contribution is 2.34. The number of amides is 2. The molecule has 2 aromatic carbocycles. The number of carboxylic acids is 1. The zero-order valence-corrected chi connectivity index (χ0v) is 17.4. The number of hydrogen-bond donors (Lipinski definition) is 1. The first kappa shape index (κ1) is 21.4. The van der Waals surface area contributed by atoms with E-state index in [0.29, 0.717) is 46.9 Å². The summed E-state index contributed by atoms with van der Waals surface area (Å²) in [7, 11) is 0. The minimum Gasteiger partial charge on any atom is -0.490 e. The van der Waals surface area contributed by atoms with Crippen molar-refractivity contribution in [3.63, 3.8) is 0 Å². The zero-order valence-electron chi connectivity index (χ0n) is 16.6. The predicted octanol–water partition coefficient (Wildman–Crippen LogP) is 4.09. The van der Waals surface area contributed by atoms with Gasteiger partial charge in [-0.25, -0.2) is 0 Å². The molecule has 2 amide bonds. The van der Waals surface area contributed by atoms with Crippen LogP contribution in [0.5, 0.6) is 11.5 Å². The fourth-order valence-corrected chi connectivity index (χ4v) is 3.61. The van der Waals surface area contributed by atoms with Crippen molar-refractivity contribution in [2.75, 3.05) is 13.2 Å². The van der Waals surface area contributed by atoms with Crippen LogP contribution < -0.4 is 9.47 Å². The van der Waals surface area contributed by atoms with Crippen molar-refractivity contribution in [1.29, 1.82) is 0 Å². The van der Waals surface area contributed by atoms with Crippen molar-refractivity contribution in [1.82, 2.24) is 4.90 Å². The smallest absolute Gasteiger partial charge is 0.323 e. The van der Waals surface area contributed by atoms with Gasteiger partial charge in [-0.15, -0.1) is 0 Å². The molecule has 0 bridgehead atoms. The highest BCUT2D eigenvalue weighted by atomic mass is 32.2. The molecule has 1 aliphatic heterocycles. The van der Waals surface area contributed by atoms with Crippen LogP contribution >= 0.6 is 11.8 Å². The van der Waals surface area contributed by atoms with Crippen molar-refractivity contribution in [3.05, 3.63) is 64.1 Å². The van der Waals surface area contributed by atoms with E-state index in [1.54, 1.807) is 24.3 Å². The number of aryl methyl sites for hydroxylation is 1. The summed E-state index contributed by atoms with van der Waals surface area (Å²) in [6.45, 7) is 4.03. The van der Waals surface area contributed by atoms with Gasteiger partial charge in [0.25, 0.3) is 11.1 Å². The van der Waals surface area contributed by atoms with Crippen LogP contribution in [-0.2, 0) is 16.2 Å². The van der Waals surface area contributed by atoms with Crippen molar-refractivity contribution < 1.29 is 29.0 Å². The number of ether oxygens (including phenoxy) is 2. The molecule has 7 nitrogen and oxygen atoms in total. The number of carboxylic acid groups (broad SMARTS) is 1. The van der Waals surface area contributed by atoms with Gasteiger partial charge in [0.05, 0.1) is 11.5 Å². The van der Waals surface area contributed by atoms with Crippen molar-refractivity contribution in [2.24, 2.45) is 0 Å². The predicted molar refractivity (Wildman–Crippen MR) is 113 cm³/mol. The molecule has 1 aliphatic rings. The highest BCUT2D eigenvalue weighted by Gasteiger charge is 2.36. The van der Waals surface area contributed by atoms with Crippen LogP contribution in [0.15, 0.2) is 47.4 Å². The SMILES string of the molecule is CCOc1cc(/C=C2/SC(=O)N(CC(=O)O)C2=O)ccc1OCc1ccc(C)cc1. The minimum atomic E-state index is -1.24. The molecule has 1 heterocycles. The van der Waals surface area contributed by atoms with E-state index in [1.807, 2.05) is 38.1 Å². The number of carbonyl (C=O) groups is 3. The standard InChI is InChI=1S/C22H21NO6S/c1-3-28-18-10-16(11-19-21(26)23(12-20(24)25)22(27)30-19)8-9-17(18)29-13-15-6-4-14(2)5-7-15/h4-11H,3,12-13H2,1-2H3,(H,24,25)/b19-11+. The topological polar surface area (TPSA) is 93.1 Å². The zero-order chi connectivity index (χ0) is 21.7.